The summed E-state index contributed by atoms with van der Waals surface area (Å²) in [4.78, 5) is 71.8. The molecule has 0 fully saturated rings. The van der Waals surface area contributed by atoms with Crippen LogP contribution in [0.2, 0.25) is 0 Å². The third-order valence-corrected chi connectivity index (χ3v) is 5.01. The SMILES string of the molecule is CSCCC(NC(=O)C(CC(N)=O)NC(=O)C(CC(N)=O)NC(=O)C(N)CC(C)C)C(=O)O. The van der Waals surface area contributed by atoms with Crippen LogP contribution < -0.4 is 33.2 Å². The molecule has 0 saturated carbocycles. The Morgan fingerprint density at radius 2 is 1.24 bits per heavy atom. The van der Waals surface area contributed by atoms with Crippen molar-refractivity contribution in [2.24, 2.45) is 23.1 Å². The lowest BCUT2D eigenvalue weighted by molar-refractivity contribution is -0.142. The van der Waals surface area contributed by atoms with Gasteiger partial charge in [0.15, 0.2) is 0 Å². The number of carboxylic acids is 1. The minimum absolute atomic E-state index is 0.0890. The van der Waals surface area contributed by atoms with Gasteiger partial charge in [0.05, 0.1) is 18.9 Å². The summed E-state index contributed by atoms with van der Waals surface area (Å²) >= 11 is 1.37. The first kappa shape index (κ1) is 30.1. The Hall–Kier alpha value is -2.87. The monoisotopic (exact) mass is 490 g/mol. The molecule has 0 saturated heterocycles. The molecular formula is C19H34N6O7S. The molecule has 0 aliphatic heterocycles. The number of nitrogens with one attached hydrogen (secondary N) is 3. The van der Waals surface area contributed by atoms with E-state index in [-0.39, 0.29) is 12.3 Å². The number of rotatable bonds is 16. The summed E-state index contributed by atoms with van der Waals surface area (Å²) in [5, 5.41) is 16.1. The van der Waals surface area contributed by atoms with Crippen LogP contribution in [-0.4, -0.2) is 76.8 Å². The second kappa shape index (κ2) is 15.1. The largest absolute Gasteiger partial charge is 0.480 e. The quantitative estimate of drug-likeness (QED) is 0.120. The van der Waals surface area contributed by atoms with Crippen molar-refractivity contribution < 1.29 is 33.9 Å². The van der Waals surface area contributed by atoms with Crippen LogP contribution in [0, 0.1) is 5.92 Å². The Balaban J connectivity index is 5.50. The van der Waals surface area contributed by atoms with Gasteiger partial charge in [0.1, 0.15) is 18.1 Å². The fourth-order valence-corrected chi connectivity index (χ4v) is 3.22. The Morgan fingerprint density at radius 3 is 1.61 bits per heavy atom. The van der Waals surface area contributed by atoms with Crippen molar-refractivity contribution in [1.29, 1.82) is 0 Å². The molecule has 0 radical (unpaired) electrons. The van der Waals surface area contributed by atoms with Gasteiger partial charge in [-0.2, -0.15) is 11.8 Å². The van der Waals surface area contributed by atoms with E-state index >= 15 is 0 Å². The van der Waals surface area contributed by atoms with Gasteiger partial charge in [-0.25, -0.2) is 4.79 Å². The molecule has 0 rings (SSSR count). The zero-order valence-corrected chi connectivity index (χ0v) is 19.8. The highest BCUT2D eigenvalue weighted by atomic mass is 32.2. The second-order valence-electron chi connectivity index (χ2n) is 7.88. The van der Waals surface area contributed by atoms with E-state index in [1.54, 1.807) is 6.26 Å². The van der Waals surface area contributed by atoms with Crippen molar-refractivity contribution in [2.45, 2.75) is 63.7 Å². The molecule has 0 aliphatic rings. The number of hydrogen-bond acceptors (Lipinski definition) is 8. The normalized spacial score (nSPS) is 14.5. The summed E-state index contributed by atoms with van der Waals surface area (Å²) in [6.07, 6.45) is 0.944. The molecule has 0 aliphatic carbocycles. The summed E-state index contributed by atoms with van der Waals surface area (Å²) in [6.45, 7) is 3.69. The van der Waals surface area contributed by atoms with Crippen LogP contribution in [-0.2, 0) is 28.8 Å². The van der Waals surface area contributed by atoms with Gasteiger partial charge in [0.2, 0.25) is 29.5 Å². The number of nitrogens with two attached hydrogens (primary N) is 3. The molecule has 4 unspecified atom stereocenters. The van der Waals surface area contributed by atoms with E-state index in [2.05, 4.69) is 16.0 Å². The standard InChI is InChI=1S/C19H34N6O7S/c1-9(2)6-10(20)16(28)24-12(7-14(21)26)18(30)25-13(8-15(22)27)17(29)23-11(19(31)32)4-5-33-3/h9-13H,4-8,20H2,1-3H3,(H2,21,26)(H2,22,27)(H,23,29)(H,24,28)(H,25,30)(H,31,32). The Morgan fingerprint density at radius 1 is 0.818 bits per heavy atom. The number of aliphatic carboxylic acids is 1. The minimum atomic E-state index is -1.54. The summed E-state index contributed by atoms with van der Waals surface area (Å²) in [7, 11) is 0. The second-order valence-corrected chi connectivity index (χ2v) is 8.87. The molecule has 0 heterocycles. The molecule has 188 valence electrons. The highest BCUT2D eigenvalue weighted by Gasteiger charge is 2.32. The van der Waals surface area contributed by atoms with E-state index in [1.165, 1.54) is 11.8 Å². The van der Waals surface area contributed by atoms with Gasteiger partial charge < -0.3 is 38.3 Å². The number of carboxylic acid groups (broad SMARTS) is 1. The predicted molar refractivity (Wildman–Crippen MR) is 121 cm³/mol. The van der Waals surface area contributed by atoms with Crippen molar-refractivity contribution in [3.8, 4) is 0 Å². The molecule has 0 aromatic heterocycles. The number of primary amides is 2. The number of thioether (sulfide) groups is 1. The van der Waals surface area contributed by atoms with E-state index < -0.39 is 72.5 Å². The van der Waals surface area contributed by atoms with Crippen molar-refractivity contribution in [3.05, 3.63) is 0 Å². The van der Waals surface area contributed by atoms with Crippen LogP contribution in [0.15, 0.2) is 0 Å². The molecule has 13 nitrogen and oxygen atoms in total. The first-order valence-corrected chi connectivity index (χ1v) is 11.6. The van der Waals surface area contributed by atoms with Crippen LogP contribution in [0.1, 0.15) is 39.5 Å². The molecular weight excluding hydrogens is 456 g/mol. The van der Waals surface area contributed by atoms with E-state index in [0.29, 0.717) is 12.2 Å². The number of amides is 5. The highest BCUT2D eigenvalue weighted by Crippen LogP contribution is 2.05. The average molecular weight is 491 g/mol. The van der Waals surface area contributed by atoms with Crippen LogP contribution in [0.3, 0.4) is 0 Å². The fourth-order valence-electron chi connectivity index (χ4n) is 2.75. The maximum atomic E-state index is 12.7. The first-order chi connectivity index (χ1) is 15.3. The molecule has 0 aromatic rings. The van der Waals surface area contributed by atoms with Gasteiger partial charge in [0, 0.05) is 0 Å². The summed E-state index contributed by atoms with van der Waals surface area (Å²) in [5.74, 6) is -5.28. The molecule has 4 atom stereocenters. The van der Waals surface area contributed by atoms with Gasteiger partial charge in [-0.05, 0) is 30.8 Å². The van der Waals surface area contributed by atoms with E-state index in [1.807, 2.05) is 13.8 Å². The first-order valence-electron chi connectivity index (χ1n) is 10.2. The lowest BCUT2D eigenvalue weighted by atomic mass is 10.0. The van der Waals surface area contributed by atoms with Crippen LogP contribution in [0.5, 0.6) is 0 Å². The smallest absolute Gasteiger partial charge is 0.326 e. The van der Waals surface area contributed by atoms with Gasteiger partial charge >= 0.3 is 5.97 Å². The van der Waals surface area contributed by atoms with Crippen LogP contribution in [0.4, 0.5) is 0 Å². The van der Waals surface area contributed by atoms with Crippen molar-refractivity contribution in [3.63, 3.8) is 0 Å². The topological polar surface area (TPSA) is 237 Å². The average Bonchev–Trinajstić information content (AvgIpc) is 2.68. The molecule has 10 N–H and O–H groups in total. The van der Waals surface area contributed by atoms with Crippen molar-refractivity contribution in [1.82, 2.24) is 16.0 Å². The number of hydrogen-bond donors (Lipinski definition) is 7. The lowest BCUT2D eigenvalue weighted by Crippen LogP contribution is -2.58. The van der Waals surface area contributed by atoms with Gasteiger partial charge in [-0.15, -0.1) is 0 Å². The number of carbonyl (C=O) groups excluding carboxylic acids is 5. The lowest BCUT2D eigenvalue weighted by Gasteiger charge is -2.24. The molecule has 5 amide bonds. The van der Waals surface area contributed by atoms with Gasteiger partial charge in [0.25, 0.3) is 0 Å². The van der Waals surface area contributed by atoms with Crippen molar-refractivity contribution >= 4 is 47.3 Å². The van der Waals surface area contributed by atoms with Crippen molar-refractivity contribution in [2.75, 3.05) is 12.0 Å². The number of carbonyl (C=O) groups is 6. The minimum Gasteiger partial charge on any atom is -0.480 e. The fraction of sp³-hybridized carbons (Fsp3) is 0.684. The highest BCUT2D eigenvalue weighted by molar-refractivity contribution is 7.98. The maximum absolute atomic E-state index is 12.7. The predicted octanol–water partition coefficient (Wildman–Crippen LogP) is -2.60. The zero-order valence-electron chi connectivity index (χ0n) is 19.0. The summed E-state index contributed by atoms with van der Waals surface area (Å²) in [5.41, 5.74) is 16.1. The molecule has 0 bridgehead atoms. The molecule has 0 spiro atoms. The Bertz CT molecular complexity index is 733. The third-order valence-electron chi connectivity index (χ3n) is 4.36. The van der Waals surface area contributed by atoms with Gasteiger partial charge in [-0.1, -0.05) is 13.8 Å². The van der Waals surface area contributed by atoms with Crippen LogP contribution in [0.25, 0.3) is 0 Å². The summed E-state index contributed by atoms with van der Waals surface area (Å²) in [6, 6.07) is -5.22. The summed E-state index contributed by atoms with van der Waals surface area (Å²) < 4.78 is 0. The van der Waals surface area contributed by atoms with E-state index in [0.717, 1.165) is 0 Å². The molecule has 33 heavy (non-hydrogen) atoms. The van der Waals surface area contributed by atoms with E-state index in [4.69, 9.17) is 17.2 Å². The Labute approximate surface area is 196 Å². The third kappa shape index (κ3) is 12.7. The Kier molecular flexibility index (Phi) is 13.7. The maximum Gasteiger partial charge on any atom is 0.326 e. The molecule has 14 heteroatoms. The zero-order chi connectivity index (χ0) is 25.7. The van der Waals surface area contributed by atoms with Gasteiger partial charge in [-0.3, -0.25) is 24.0 Å². The molecule has 0 aromatic carbocycles. The van der Waals surface area contributed by atoms with Crippen LogP contribution >= 0.6 is 11.8 Å². The van der Waals surface area contributed by atoms with E-state index in [9.17, 15) is 33.9 Å².